The van der Waals surface area contributed by atoms with Gasteiger partial charge in [-0.25, -0.2) is 4.98 Å². The van der Waals surface area contributed by atoms with Crippen LogP contribution in [0.5, 0.6) is 5.75 Å². The first-order valence-corrected chi connectivity index (χ1v) is 9.43. The van der Waals surface area contributed by atoms with Crippen LogP contribution in [-0.2, 0) is 17.9 Å². The third-order valence-electron chi connectivity index (χ3n) is 5.11. The number of aryl methyl sites for hydroxylation is 1. The van der Waals surface area contributed by atoms with Gasteiger partial charge in [0, 0.05) is 12.6 Å². The molecule has 1 heterocycles. The number of amides is 1. The van der Waals surface area contributed by atoms with Crippen LogP contribution in [-0.4, -0.2) is 33.5 Å². The number of nitrogens with zero attached hydrogens (tertiary/aromatic N) is 3. The van der Waals surface area contributed by atoms with Gasteiger partial charge in [-0.05, 0) is 49.6 Å². The second-order valence-electron chi connectivity index (χ2n) is 7.30. The number of hydrogen-bond donors (Lipinski definition) is 0. The van der Waals surface area contributed by atoms with E-state index in [2.05, 4.69) is 4.98 Å². The molecule has 0 N–H and O–H groups in total. The van der Waals surface area contributed by atoms with E-state index >= 15 is 0 Å². The topological polar surface area (TPSA) is 64.4 Å². The summed E-state index contributed by atoms with van der Waals surface area (Å²) in [5, 5.41) is 0.545. The Hall–Kier alpha value is -3.15. The van der Waals surface area contributed by atoms with E-state index in [9.17, 15) is 9.59 Å². The van der Waals surface area contributed by atoms with Crippen LogP contribution in [0.1, 0.15) is 24.0 Å². The van der Waals surface area contributed by atoms with Gasteiger partial charge in [0.1, 0.15) is 12.3 Å². The second kappa shape index (κ2) is 7.46. The number of hydrogen-bond acceptors (Lipinski definition) is 4. The molecular weight excluding hydrogens is 354 g/mol. The van der Waals surface area contributed by atoms with Gasteiger partial charge < -0.3 is 9.64 Å². The largest absolute Gasteiger partial charge is 0.497 e. The summed E-state index contributed by atoms with van der Waals surface area (Å²) >= 11 is 0. The molecule has 144 valence electrons. The molecule has 0 radical (unpaired) electrons. The van der Waals surface area contributed by atoms with E-state index < -0.39 is 0 Å². The third kappa shape index (κ3) is 3.76. The van der Waals surface area contributed by atoms with E-state index in [0.29, 0.717) is 17.4 Å². The zero-order chi connectivity index (χ0) is 19.7. The van der Waals surface area contributed by atoms with Crippen molar-refractivity contribution in [3.05, 3.63) is 70.3 Å². The van der Waals surface area contributed by atoms with Crippen LogP contribution >= 0.6 is 0 Å². The summed E-state index contributed by atoms with van der Waals surface area (Å²) in [6, 6.07) is 13.5. The predicted octanol–water partition coefficient (Wildman–Crippen LogP) is 2.90. The normalized spacial score (nSPS) is 13.5. The lowest BCUT2D eigenvalue weighted by Gasteiger charge is -2.23. The Balaban J connectivity index is 1.56. The van der Waals surface area contributed by atoms with Crippen molar-refractivity contribution >= 4 is 16.8 Å². The van der Waals surface area contributed by atoms with Crippen molar-refractivity contribution in [3.8, 4) is 5.75 Å². The highest BCUT2D eigenvalue weighted by atomic mass is 16.5. The first kappa shape index (κ1) is 18.2. The monoisotopic (exact) mass is 377 g/mol. The second-order valence-corrected chi connectivity index (χ2v) is 7.30. The molecule has 1 aromatic heterocycles. The Morgan fingerprint density at radius 3 is 2.64 bits per heavy atom. The van der Waals surface area contributed by atoms with Crippen LogP contribution in [0.25, 0.3) is 10.9 Å². The van der Waals surface area contributed by atoms with Crippen LogP contribution in [0.4, 0.5) is 0 Å². The first-order valence-electron chi connectivity index (χ1n) is 9.43. The number of carbonyl (C=O) groups excluding carboxylic acids is 1. The average Bonchev–Trinajstić information content (AvgIpc) is 3.54. The zero-order valence-electron chi connectivity index (χ0n) is 16.1. The predicted molar refractivity (Wildman–Crippen MR) is 107 cm³/mol. The van der Waals surface area contributed by atoms with Crippen LogP contribution in [0, 0.1) is 6.92 Å². The molecule has 3 aromatic rings. The smallest absolute Gasteiger partial charge is 0.261 e. The molecule has 6 nitrogen and oxygen atoms in total. The molecule has 0 bridgehead atoms. The molecule has 0 saturated heterocycles. The molecule has 0 atom stereocenters. The van der Waals surface area contributed by atoms with Crippen molar-refractivity contribution in [2.45, 2.75) is 38.9 Å². The van der Waals surface area contributed by atoms with Gasteiger partial charge in [0.25, 0.3) is 5.56 Å². The number of aromatic nitrogens is 2. The standard InChI is InChI=1S/C22H23N3O3/c1-15-3-10-20-19(11-15)22(27)24(14-23-20)13-21(26)25(17-6-7-17)12-16-4-8-18(28-2)9-5-16/h3-5,8-11,14,17H,6-7,12-13H2,1-2H3. The van der Waals surface area contributed by atoms with Crippen molar-refractivity contribution in [2.75, 3.05) is 7.11 Å². The minimum atomic E-state index is -0.178. The fourth-order valence-electron chi connectivity index (χ4n) is 3.36. The molecule has 1 amide bonds. The fraction of sp³-hybridized carbons (Fsp3) is 0.318. The maximum atomic E-state index is 13.0. The van der Waals surface area contributed by atoms with Crippen molar-refractivity contribution in [1.82, 2.24) is 14.5 Å². The number of fused-ring (bicyclic) bond motifs is 1. The van der Waals surface area contributed by atoms with Crippen LogP contribution in [0.3, 0.4) is 0 Å². The molecule has 1 aliphatic carbocycles. The van der Waals surface area contributed by atoms with E-state index in [4.69, 9.17) is 4.74 Å². The number of benzene rings is 2. The Labute approximate surface area is 163 Å². The molecule has 2 aromatic carbocycles. The van der Waals surface area contributed by atoms with E-state index in [1.54, 1.807) is 7.11 Å². The van der Waals surface area contributed by atoms with Crippen molar-refractivity contribution in [3.63, 3.8) is 0 Å². The molecule has 1 aliphatic rings. The third-order valence-corrected chi connectivity index (χ3v) is 5.11. The Kier molecular flexibility index (Phi) is 4.86. The van der Waals surface area contributed by atoms with Crippen LogP contribution < -0.4 is 10.3 Å². The summed E-state index contributed by atoms with van der Waals surface area (Å²) in [6.45, 7) is 2.47. The summed E-state index contributed by atoms with van der Waals surface area (Å²) in [4.78, 5) is 32.0. The van der Waals surface area contributed by atoms with Crippen molar-refractivity contribution in [2.24, 2.45) is 0 Å². The highest BCUT2D eigenvalue weighted by Gasteiger charge is 2.32. The Morgan fingerprint density at radius 1 is 1.21 bits per heavy atom. The Bertz CT molecular complexity index is 1070. The highest BCUT2D eigenvalue weighted by Crippen LogP contribution is 2.29. The molecule has 1 fully saturated rings. The van der Waals surface area contributed by atoms with Gasteiger partial charge in [-0.15, -0.1) is 0 Å². The number of rotatable bonds is 6. The summed E-state index contributed by atoms with van der Waals surface area (Å²) in [6.07, 6.45) is 3.48. The fourth-order valence-corrected chi connectivity index (χ4v) is 3.36. The minimum Gasteiger partial charge on any atom is -0.497 e. The molecular formula is C22H23N3O3. The molecule has 6 heteroatoms. The maximum Gasteiger partial charge on any atom is 0.261 e. The first-order chi connectivity index (χ1) is 13.5. The number of ether oxygens (including phenoxy) is 1. The SMILES string of the molecule is COc1ccc(CN(C(=O)Cn2cnc3ccc(C)cc3c2=O)C2CC2)cc1. The van der Waals surface area contributed by atoms with Crippen molar-refractivity contribution < 1.29 is 9.53 Å². The van der Waals surface area contributed by atoms with Crippen LogP contribution in [0.15, 0.2) is 53.6 Å². The Morgan fingerprint density at radius 2 is 1.96 bits per heavy atom. The lowest BCUT2D eigenvalue weighted by molar-refractivity contribution is -0.133. The van der Waals surface area contributed by atoms with Gasteiger partial charge in [0.15, 0.2) is 0 Å². The van der Waals surface area contributed by atoms with E-state index in [0.717, 1.165) is 29.7 Å². The summed E-state index contributed by atoms with van der Waals surface area (Å²) in [5.74, 6) is 0.728. The quantitative estimate of drug-likeness (QED) is 0.663. The summed E-state index contributed by atoms with van der Waals surface area (Å²) in [7, 11) is 1.63. The van der Waals surface area contributed by atoms with Gasteiger partial charge in [-0.1, -0.05) is 23.8 Å². The lowest BCUT2D eigenvalue weighted by Crippen LogP contribution is -2.37. The van der Waals surface area contributed by atoms with E-state index in [1.807, 2.05) is 54.3 Å². The molecule has 0 aliphatic heterocycles. The van der Waals surface area contributed by atoms with Crippen LogP contribution in [0.2, 0.25) is 0 Å². The molecule has 0 unspecified atom stereocenters. The maximum absolute atomic E-state index is 13.0. The van der Waals surface area contributed by atoms with E-state index in [-0.39, 0.29) is 24.1 Å². The van der Waals surface area contributed by atoms with Gasteiger partial charge in [-0.3, -0.25) is 14.2 Å². The highest BCUT2D eigenvalue weighted by molar-refractivity contribution is 5.79. The van der Waals surface area contributed by atoms with Gasteiger partial charge in [0.05, 0.1) is 24.3 Å². The van der Waals surface area contributed by atoms with Gasteiger partial charge in [0.2, 0.25) is 5.91 Å². The number of methoxy groups -OCH3 is 1. The van der Waals surface area contributed by atoms with Gasteiger partial charge in [-0.2, -0.15) is 0 Å². The van der Waals surface area contributed by atoms with Gasteiger partial charge >= 0.3 is 0 Å². The van der Waals surface area contributed by atoms with E-state index in [1.165, 1.54) is 10.9 Å². The summed E-state index contributed by atoms with van der Waals surface area (Å²) in [5.41, 5.74) is 2.51. The minimum absolute atomic E-state index is 0.00235. The number of carbonyl (C=O) groups is 1. The zero-order valence-corrected chi connectivity index (χ0v) is 16.1. The summed E-state index contributed by atoms with van der Waals surface area (Å²) < 4.78 is 6.60. The molecule has 1 saturated carbocycles. The molecule has 28 heavy (non-hydrogen) atoms. The average molecular weight is 377 g/mol. The lowest BCUT2D eigenvalue weighted by atomic mass is 10.2. The van der Waals surface area contributed by atoms with Crippen molar-refractivity contribution in [1.29, 1.82) is 0 Å². The molecule has 0 spiro atoms. The molecule has 4 rings (SSSR count).